The summed E-state index contributed by atoms with van der Waals surface area (Å²) in [6, 6.07) is 3.29. The quantitative estimate of drug-likeness (QED) is 0.768. The molecule has 9 heteroatoms. The minimum Gasteiger partial charge on any atom is -0.337 e. The Morgan fingerprint density at radius 3 is 2.47 bits per heavy atom. The normalized spacial score (nSPS) is 32.5. The molecule has 1 spiro atoms. The van der Waals surface area contributed by atoms with Crippen molar-refractivity contribution in [2.75, 3.05) is 6.54 Å². The van der Waals surface area contributed by atoms with Crippen LogP contribution >= 0.6 is 0 Å². The first kappa shape index (κ1) is 21.6. The summed E-state index contributed by atoms with van der Waals surface area (Å²) in [4.78, 5) is 14.5. The van der Waals surface area contributed by atoms with Gasteiger partial charge in [-0.1, -0.05) is 6.92 Å². The number of carbonyl (C=O) groups excluding carboxylic acids is 1. The lowest BCUT2D eigenvalue weighted by Crippen LogP contribution is -2.59. The molecule has 2 aliphatic heterocycles. The number of amides is 1. The van der Waals surface area contributed by atoms with Gasteiger partial charge in [0.1, 0.15) is 0 Å². The highest BCUT2D eigenvalue weighted by Gasteiger charge is 2.55. The second kappa shape index (κ2) is 7.51. The standard InChI is InChI=1S/C21H27F3N2O3S/c1-14-17-4-2-5-19(27)26-13-3-11-20(17,26)12-10-18(14)25-30(28,29)16-8-6-15(7-9-16)21(22,23)24/h6-9,14,17-18,25H,2-5,10-13H2,1H3/t14-,17+,18+,20-/m1/s1. The molecule has 1 aromatic carbocycles. The molecule has 0 bridgehead atoms. The van der Waals surface area contributed by atoms with Crippen LogP contribution in [0.4, 0.5) is 13.2 Å². The zero-order valence-corrected chi connectivity index (χ0v) is 17.7. The van der Waals surface area contributed by atoms with Gasteiger partial charge in [-0.15, -0.1) is 0 Å². The van der Waals surface area contributed by atoms with Crippen LogP contribution in [0.5, 0.6) is 0 Å². The van der Waals surface area contributed by atoms with E-state index < -0.39 is 21.8 Å². The molecule has 0 unspecified atom stereocenters. The second-order valence-electron chi connectivity index (χ2n) is 8.90. The molecule has 1 saturated carbocycles. The van der Waals surface area contributed by atoms with Crippen molar-refractivity contribution in [3.63, 3.8) is 0 Å². The van der Waals surface area contributed by atoms with E-state index in [0.717, 1.165) is 62.9 Å². The molecule has 4 atom stereocenters. The summed E-state index contributed by atoms with van der Waals surface area (Å²) in [6.45, 7) is 2.82. The number of hydrogen-bond acceptors (Lipinski definition) is 3. The highest BCUT2D eigenvalue weighted by Crippen LogP contribution is 2.51. The Morgan fingerprint density at radius 1 is 1.10 bits per heavy atom. The number of sulfonamides is 1. The molecule has 0 radical (unpaired) electrons. The van der Waals surface area contributed by atoms with Gasteiger partial charge in [-0.25, -0.2) is 13.1 Å². The number of hydrogen-bond donors (Lipinski definition) is 1. The first-order chi connectivity index (χ1) is 14.0. The van der Waals surface area contributed by atoms with Crippen molar-refractivity contribution in [3.8, 4) is 0 Å². The summed E-state index contributed by atoms with van der Waals surface area (Å²) < 4.78 is 66.8. The molecule has 1 aromatic rings. The zero-order valence-electron chi connectivity index (χ0n) is 16.9. The van der Waals surface area contributed by atoms with E-state index in [0.29, 0.717) is 12.8 Å². The Kier molecular flexibility index (Phi) is 5.41. The topological polar surface area (TPSA) is 66.5 Å². The van der Waals surface area contributed by atoms with Gasteiger partial charge >= 0.3 is 6.18 Å². The van der Waals surface area contributed by atoms with Crippen LogP contribution in [0, 0.1) is 11.8 Å². The van der Waals surface area contributed by atoms with E-state index in [4.69, 9.17) is 0 Å². The van der Waals surface area contributed by atoms with E-state index >= 15 is 0 Å². The summed E-state index contributed by atoms with van der Waals surface area (Å²) >= 11 is 0. The van der Waals surface area contributed by atoms with E-state index in [1.807, 2.05) is 6.92 Å². The van der Waals surface area contributed by atoms with E-state index in [-0.39, 0.29) is 34.2 Å². The minimum absolute atomic E-state index is 0.0365. The van der Waals surface area contributed by atoms with Crippen molar-refractivity contribution < 1.29 is 26.4 Å². The molecule has 1 aliphatic carbocycles. The molecule has 1 amide bonds. The third kappa shape index (κ3) is 3.64. The summed E-state index contributed by atoms with van der Waals surface area (Å²) in [5, 5.41) is 0. The maximum absolute atomic E-state index is 12.9. The Morgan fingerprint density at radius 2 is 1.80 bits per heavy atom. The van der Waals surface area contributed by atoms with Crippen LogP contribution in [-0.4, -0.2) is 37.4 Å². The van der Waals surface area contributed by atoms with E-state index in [9.17, 15) is 26.4 Å². The second-order valence-corrected chi connectivity index (χ2v) is 10.6. The third-order valence-corrected chi connectivity index (χ3v) is 8.89. The maximum Gasteiger partial charge on any atom is 0.416 e. The van der Waals surface area contributed by atoms with Crippen molar-refractivity contribution in [2.24, 2.45) is 11.8 Å². The number of halogens is 3. The van der Waals surface area contributed by atoms with Gasteiger partial charge in [0.15, 0.2) is 0 Å². The molecular formula is C21H27F3N2O3S. The highest BCUT2D eigenvalue weighted by atomic mass is 32.2. The number of benzene rings is 1. The first-order valence-corrected chi connectivity index (χ1v) is 12.0. The Labute approximate surface area is 175 Å². The van der Waals surface area contributed by atoms with Gasteiger partial charge in [0.25, 0.3) is 0 Å². The lowest BCUT2D eigenvalue weighted by molar-refractivity contribution is -0.138. The lowest BCUT2D eigenvalue weighted by atomic mass is 9.63. The number of alkyl halides is 3. The van der Waals surface area contributed by atoms with Crippen LogP contribution < -0.4 is 4.72 Å². The molecule has 3 aliphatic rings. The summed E-state index contributed by atoms with van der Waals surface area (Å²) in [7, 11) is -3.94. The molecule has 30 heavy (non-hydrogen) atoms. The SMILES string of the molecule is C[C@H]1[C@@H](NS(=O)(=O)c2ccc(C(F)(F)F)cc2)CC[C@@]23CCCN2C(=O)CCC[C@@H]13. The number of carbonyl (C=O) groups is 1. The van der Waals surface area contributed by atoms with E-state index in [1.54, 1.807) is 0 Å². The van der Waals surface area contributed by atoms with Gasteiger partial charge in [-0.3, -0.25) is 4.79 Å². The Hall–Kier alpha value is -1.61. The van der Waals surface area contributed by atoms with Crippen molar-refractivity contribution in [3.05, 3.63) is 29.8 Å². The molecule has 3 fully saturated rings. The predicted molar refractivity (Wildman–Crippen MR) is 105 cm³/mol. The fourth-order valence-electron chi connectivity index (χ4n) is 5.94. The van der Waals surface area contributed by atoms with Gasteiger partial charge in [0.05, 0.1) is 10.5 Å². The van der Waals surface area contributed by atoms with Crippen LogP contribution in [-0.2, 0) is 21.0 Å². The van der Waals surface area contributed by atoms with Crippen molar-refractivity contribution in [1.29, 1.82) is 0 Å². The molecule has 0 aromatic heterocycles. The van der Waals surface area contributed by atoms with Crippen molar-refractivity contribution >= 4 is 15.9 Å². The fourth-order valence-corrected chi connectivity index (χ4v) is 7.30. The molecule has 1 N–H and O–H groups in total. The lowest BCUT2D eigenvalue weighted by Gasteiger charge is -2.52. The van der Waals surface area contributed by atoms with Crippen LogP contribution in [0.25, 0.3) is 0 Å². The molecule has 2 saturated heterocycles. The molecule has 166 valence electrons. The summed E-state index contributed by atoms with van der Waals surface area (Å²) in [5.74, 6) is 0.473. The largest absolute Gasteiger partial charge is 0.416 e. The van der Waals surface area contributed by atoms with Crippen LogP contribution in [0.15, 0.2) is 29.2 Å². The number of nitrogens with zero attached hydrogens (tertiary/aromatic N) is 1. The van der Waals surface area contributed by atoms with Gasteiger partial charge in [0.2, 0.25) is 15.9 Å². The number of rotatable bonds is 3. The Balaban J connectivity index is 1.54. The van der Waals surface area contributed by atoms with Crippen LogP contribution in [0.1, 0.15) is 57.4 Å². The maximum atomic E-state index is 12.9. The monoisotopic (exact) mass is 444 g/mol. The Bertz CT molecular complexity index is 916. The minimum atomic E-state index is -4.51. The van der Waals surface area contributed by atoms with E-state index in [1.165, 1.54) is 0 Å². The molecule has 2 heterocycles. The van der Waals surface area contributed by atoms with Gasteiger partial charge in [-0.05, 0) is 74.6 Å². The summed E-state index contributed by atoms with van der Waals surface area (Å²) in [5.41, 5.74) is -1.04. The van der Waals surface area contributed by atoms with Crippen LogP contribution in [0.3, 0.4) is 0 Å². The molecule has 4 rings (SSSR count). The number of nitrogens with one attached hydrogen (secondary N) is 1. The van der Waals surface area contributed by atoms with Crippen molar-refractivity contribution in [2.45, 2.75) is 74.5 Å². The van der Waals surface area contributed by atoms with Gasteiger partial charge < -0.3 is 4.90 Å². The zero-order chi connectivity index (χ0) is 21.7. The average molecular weight is 445 g/mol. The molecular weight excluding hydrogens is 417 g/mol. The first-order valence-electron chi connectivity index (χ1n) is 10.5. The van der Waals surface area contributed by atoms with E-state index in [2.05, 4.69) is 9.62 Å². The fraction of sp³-hybridized carbons (Fsp3) is 0.667. The predicted octanol–water partition coefficient (Wildman–Crippen LogP) is 3.94. The average Bonchev–Trinajstić information content (AvgIpc) is 3.05. The summed E-state index contributed by atoms with van der Waals surface area (Å²) in [6.07, 6.45) is 1.06. The van der Waals surface area contributed by atoms with Gasteiger partial charge in [0, 0.05) is 24.5 Å². The van der Waals surface area contributed by atoms with Crippen LogP contribution in [0.2, 0.25) is 0 Å². The third-order valence-electron chi connectivity index (χ3n) is 7.38. The molecule has 5 nitrogen and oxygen atoms in total. The smallest absolute Gasteiger partial charge is 0.337 e. The highest BCUT2D eigenvalue weighted by molar-refractivity contribution is 7.89. The van der Waals surface area contributed by atoms with Crippen molar-refractivity contribution in [1.82, 2.24) is 9.62 Å². The van der Waals surface area contributed by atoms with Gasteiger partial charge in [-0.2, -0.15) is 13.2 Å².